The molecule has 120 valence electrons. The van der Waals surface area contributed by atoms with Gasteiger partial charge in [-0.15, -0.1) is 0 Å². The maximum atomic E-state index is 13.0. The van der Waals surface area contributed by atoms with Gasteiger partial charge < -0.3 is 14.4 Å². The number of hydrogen-bond donors (Lipinski definition) is 0. The maximum absolute atomic E-state index is 13.0. The van der Waals surface area contributed by atoms with Crippen molar-refractivity contribution in [1.29, 1.82) is 0 Å². The van der Waals surface area contributed by atoms with E-state index in [-0.39, 0.29) is 17.8 Å². The Bertz CT molecular complexity index is 687. The summed E-state index contributed by atoms with van der Waals surface area (Å²) in [7, 11) is 0. The van der Waals surface area contributed by atoms with Gasteiger partial charge in [-0.05, 0) is 43.3 Å². The van der Waals surface area contributed by atoms with E-state index in [1.165, 1.54) is 24.3 Å². The third-order valence-electron chi connectivity index (χ3n) is 3.75. The van der Waals surface area contributed by atoms with Crippen LogP contribution in [0.2, 0.25) is 0 Å². The van der Waals surface area contributed by atoms with E-state index < -0.39 is 0 Å². The molecular formula is C18H18FNO3. The summed E-state index contributed by atoms with van der Waals surface area (Å²) in [4.78, 5) is 14.2. The Morgan fingerprint density at radius 3 is 2.57 bits per heavy atom. The summed E-state index contributed by atoms with van der Waals surface area (Å²) in [6.07, 6.45) is -0.228. The van der Waals surface area contributed by atoms with Crippen molar-refractivity contribution in [3.63, 3.8) is 0 Å². The lowest BCUT2D eigenvalue weighted by atomic mass is 10.2. The van der Waals surface area contributed by atoms with Gasteiger partial charge in [0.1, 0.15) is 12.4 Å². The van der Waals surface area contributed by atoms with Crippen LogP contribution in [-0.4, -0.2) is 36.6 Å². The van der Waals surface area contributed by atoms with Gasteiger partial charge in [0.15, 0.2) is 17.6 Å². The number of likely N-dealkylation sites (N-methyl/N-ethyl adjacent to an activating group) is 1. The van der Waals surface area contributed by atoms with E-state index in [1.807, 2.05) is 31.2 Å². The van der Waals surface area contributed by atoms with Crippen LogP contribution in [-0.2, 0) is 0 Å². The quantitative estimate of drug-likeness (QED) is 0.870. The minimum atomic E-state index is -0.356. The molecule has 2 aromatic rings. The highest BCUT2D eigenvalue weighted by Gasteiger charge is 2.25. The fourth-order valence-electron chi connectivity index (χ4n) is 2.53. The number of nitrogens with zero attached hydrogens (tertiary/aromatic N) is 1. The van der Waals surface area contributed by atoms with Crippen LogP contribution in [0.4, 0.5) is 4.39 Å². The summed E-state index contributed by atoms with van der Waals surface area (Å²) in [5, 5.41) is 0. The van der Waals surface area contributed by atoms with Crippen molar-refractivity contribution in [2.45, 2.75) is 13.0 Å². The van der Waals surface area contributed by atoms with Gasteiger partial charge in [0, 0.05) is 12.1 Å². The molecule has 0 N–H and O–H groups in total. The van der Waals surface area contributed by atoms with Crippen molar-refractivity contribution < 1.29 is 18.7 Å². The van der Waals surface area contributed by atoms with Crippen LogP contribution in [0.15, 0.2) is 48.5 Å². The van der Waals surface area contributed by atoms with Gasteiger partial charge in [0.2, 0.25) is 0 Å². The van der Waals surface area contributed by atoms with Crippen molar-refractivity contribution in [3.05, 3.63) is 59.9 Å². The number of hydrogen-bond acceptors (Lipinski definition) is 3. The third-order valence-corrected chi connectivity index (χ3v) is 3.75. The van der Waals surface area contributed by atoms with Gasteiger partial charge in [-0.2, -0.15) is 0 Å². The molecule has 0 saturated heterocycles. The molecule has 23 heavy (non-hydrogen) atoms. The molecule has 1 amide bonds. The van der Waals surface area contributed by atoms with Crippen LogP contribution in [0.3, 0.4) is 0 Å². The molecule has 0 bridgehead atoms. The van der Waals surface area contributed by atoms with Crippen LogP contribution in [0, 0.1) is 5.82 Å². The summed E-state index contributed by atoms with van der Waals surface area (Å²) in [5.41, 5.74) is 0.463. The maximum Gasteiger partial charge on any atom is 0.253 e. The molecule has 1 unspecified atom stereocenters. The minimum absolute atomic E-state index is 0.144. The lowest BCUT2D eigenvalue weighted by Crippen LogP contribution is -2.43. The first-order valence-electron chi connectivity index (χ1n) is 7.60. The molecule has 0 saturated carbocycles. The molecule has 4 nitrogen and oxygen atoms in total. The zero-order chi connectivity index (χ0) is 16.2. The average molecular weight is 315 g/mol. The number of halogens is 1. The van der Waals surface area contributed by atoms with Crippen molar-refractivity contribution in [2.24, 2.45) is 0 Å². The Kier molecular flexibility index (Phi) is 4.46. The second-order valence-corrected chi connectivity index (χ2v) is 5.35. The Labute approximate surface area is 134 Å². The molecule has 1 atom stereocenters. The fraction of sp³-hybridized carbons (Fsp3) is 0.278. The normalized spacial score (nSPS) is 16.0. The highest BCUT2D eigenvalue weighted by molar-refractivity contribution is 5.94. The zero-order valence-electron chi connectivity index (χ0n) is 12.9. The summed E-state index contributed by atoms with van der Waals surface area (Å²) < 4.78 is 24.5. The average Bonchev–Trinajstić information content (AvgIpc) is 2.59. The summed E-state index contributed by atoms with van der Waals surface area (Å²) >= 11 is 0. The smallest absolute Gasteiger partial charge is 0.253 e. The van der Waals surface area contributed by atoms with Crippen molar-refractivity contribution in [1.82, 2.24) is 4.90 Å². The lowest BCUT2D eigenvalue weighted by Gasteiger charge is -2.31. The predicted octanol–water partition coefficient (Wildman–Crippen LogP) is 3.13. The van der Waals surface area contributed by atoms with Crippen LogP contribution < -0.4 is 9.47 Å². The molecule has 0 spiro atoms. The molecular weight excluding hydrogens is 297 g/mol. The van der Waals surface area contributed by atoms with E-state index in [0.717, 1.165) is 5.75 Å². The fourth-order valence-corrected chi connectivity index (χ4v) is 2.53. The molecule has 1 heterocycles. The van der Waals surface area contributed by atoms with Gasteiger partial charge in [-0.25, -0.2) is 4.39 Å². The SMILES string of the molecule is CCN(CC1COc2ccccc2O1)C(=O)c1ccc(F)cc1. The van der Waals surface area contributed by atoms with E-state index in [2.05, 4.69) is 0 Å². The minimum Gasteiger partial charge on any atom is -0.486 e. The van der Waals surface area contributed by atoms with Gasteiger partial charge in [0.05, 0.1) is 6.54 Å². The molecule has 1 aliphatic heterocycles. The molecule has 0 radical (unpaired) electrons. The number of para-hydroxylation sites is 2. The molecule has 5 heteroatoms. The van der Waals surface area contributed by atoms with E-state index in [9.17, 15) is 9.18 Å². The molecule has 2 aromatic carbocycles. The first-order chi connectivity index (χ1) is 11.2. The van der Waals surface area contributed by atoms with Gasteiger partial charge >= 0.3 is 0 Å². The summed E-state index contributed by atoms with van der Waals surface area (Å²) in [5.74, 6) is 0.908. The Hall–Kier alpha value is -2.56. The number of rotatable bonds is 4. The van der Waals surface area contributed by atoms with E-state index in [0.29, 0.717) is 31.0 Å². The van der Waals surface area contributed by atoms with Crippen LogP contribution >= 0.6 is 0 Å². The lowest BCUT2D eigenvalue weighted by molar-refractivity contribution is 0.0475. The number of fused-ring (bicyclic) bond motifs is 1. The first kappa shape index (κ1) is 15.3. The Morgan fingerprint density at radius 1 is 1.17 bits per heavy atom. The van der Waals surface area contributed by atoms with Gasteiger partial charge in [-0.1, -0.05) is 12.1 Å². The summed E-state index contributed by atoms with van der Waals surface area (Å²) in [6, 6.07) is 13.0. The summed E-state index contributed by atoms with van der Waals surface area (Å²) in [6.45, 7) is 3.25. The molecule has 0 aliphatic carbocycles. The standard InChI is InChI=1S/C18H18FNO3/c1-2-20(18(21)13-7-9-14(19)10-8-13)11-15-12-22-16-5-3-4-6-17(16)23-15/h3-10,15H,2,11-12H2,1H3. The number of amides is 1. The molecule has 0 fully saturated rings. The van der Waals surface area contributed by atoms with Crippen molar-refractivity contribution in [2.75, 3.05) is 19.7 Å². The highest BCUT2D eigenvalue weighted by atomic mass is 19.1. The topological polar surface area (TPSA) is 38.8 Å². The monoisotopic (exact) mass is 315 g/mol. The molecule has 0 aromatic heterocycles. The van der Waals surface area contributed by atoms with Crippen LogP contribution in [0.1, 0.15) is 17.3 Å². The number of ether oxygens (including phenoxy) is 2. The van der Waals surface area contributed by atoms with Crippen molar-refractivity contribution >= 4 is 5.91 Å². The van der Waals surface area contributed by atoms with E-state index in [4.69, 9.17) is 9.47 Å². The third kappa shape index (κ3) is 3.44. The van der Waals surface area contributed by atoms with E-state index >= 15 is 0 Å². The Balaban J connectivity index is 1.68. The van der Waals surface area contributed by atoms with Crippen LogP contribution in [0.5, 0.6) is 11.5 Å². The van der Waals surface area contributed by atoms with Gasteiger partial charge in [-0.3, -0.25) is 4.79 Å². The van der Waals surface area contributed by atoms with Crippen molar-refractivity contribution in [3.8, 4) is 11.5 Å². The zero-order valence-corrected chi connectivity index (χ0v) is 12.9. The molecule has 3 rings (SSSR count). The first-order valence-corrected chi connectivity index (χ1v) is 7.60. The highest BCUT2D eigenvalue weighted by Crippen LogP contribution is 2.31. The second-order valence-electron chi connectivity index (χ2n) is 5.35. The van der Waals surface area contributed by atoms with E-state index in [1.54, 1.807) is 4.90 Å². The number of carbonyl (C=O) groups excluding carboxylic acids is 1. The number of carbonyl (C=O) groups is 1. The van der Waals surface area contributed by atoms with Gasteiger partial charge in [0.25, 0.3) is 5.91 Å². The largest absolute Gasteiger partial charge is 0.486 e. The molecule has 1 aliphatic rings. The second kappa shape index (κ2) is 6.69. The van der Waals surface area contributed by atoms with Crippen LogP contribution in [0.25, 0.3) is 0 Å². The predicted molar refractivity (Wildman–Crippen MR) is 84.3 cm³/mol. The number of benzene rings is 2. The Morgan fingerprint density at radius 2 is 1.87 bits per heavy atom.